The lowest BCUT2D eigenvalue weighted by atomic mass is 9.33. The molecule has 42 heavy (non-hydrogen) atoms. The fourth-order valence-electron chi connectivity index (χ4n) is 11.3. The number of benzene rings is 1. The van der Waals surface area contributed by atoms with Crippen molar-refractivity contribution in [1.82, 2.24) is 0 Å². The number of oxime groups is 1. The van der Waals surface area contributed by atoms with Crippen LogP contribution in [0.3, 0.4) is 0 Å². The number of allylic oxidation sites excluding steroid dienone is 2. The highest BCUT2D eigenvalue weighted by Crippen LogP contribution is 2.75. The van der Waals surface area contributed by atoms with E-state index in [9.17, 15) is 14.8 Å². The molecule has 0 bridgehead atoms. The third-order valence-electron chi connectivity index (χ3n) is 13.9. The Morgan fingerprint density at radius 2 is 1.64 bits per heavy atom. The molecule has 1 aromatic carbocycles. The second kappa shape index (κ2) is 9.53. The van der Waals surface area contributed by atoms with E-state index in [1.807, 2.05) is 30.3 Å². The number of carbonyl (C=O) groups excluding carboxylic acids is 2. The third-order valence-corrected chi connectivity index (χ3v) is 13.9. The first-order chi connectivity index (χ1) is 19.6. The van der Waals surface area contributed by atoms with Gasteiger partial charge in [0.2, 0.25) is 0 Å². The molecule has 5 aliphatic carbocycles. The van der Waals surface area contributed by atoms with E-state index in [-0.39, 0.29) is 45.2 Å². The molecule has 0 saturated heterocycles. The largest absolute Gasteiger partial charge is 0.460 e. The van der Waals surface area contributed by atoms with Gasteiger partial charge < -0.3 is 9.94 Å². The standard InChI is InChI=1S/C37H51NO4/c1-32(2)17-19-37(31(40)42-23-24-11-9-8-10-12-24)20-18-35(6)25(26(37)21-32)13-14-29-34(5)22-27(38-41)30(39)33(3,4)28(34)15-16-36(29,35)7/h8-13,26,28-29,41H,14-23H2,1-7H3/b38-27-. The van der Waals surface area contributed by atoms with Gasteiger partial charge >= 0.3 is 5.97 Å². The van der Waals surface area contributed by atoms with Crippen LogP contribution in [-0.2, 0) is 20.9 Å². The predicted molar refractivity (Wildman–Crippen MR) is 165 cm³/mol. The maximum absolute atomic E-state index is 14.2. The average Bonchev–Trinajstić information content (AvgIpc) is 2.94. The van der Waals surface area contributed by atoms with E-state index < -0.39 is 10.8 Å². The molecule has 1 N–H and O–H groups in total. The van der Waals surface area contributed by atoms with E-state index in [0.717, 1.165) is 56.9 Å². The summed E-state index contributed by atoms with van der Waals surface area (Å²) in [7, 11) is 0. The molecule has 5 nitrogen and oxygen atoms in total. The first-order valence-electron chi connectivity index (χ1n) is 16.3. The minimum Gasteiger partial charge on any atom is -0.460 e. The molecular formula is C37H51NO4. The van der Waals surface area contributed by atoms with Crippen LogP contribution in [0, 0.1) is 50.2 Å². The normalized spacial score (nSPS) is 42.8. The molecule has 5 heteroatoms. The van der Waals surface area contributed by atoms with Crippen LogP contribution in [0.4, 0.5) is 0 Å². The maximum Gasteiger partial charge on any atom is 0.313 e. The fourth-order valence-corrected chi connectivity index (χ4v) is 11.3. The summed E-state index contributed by atoms with van der Waals surface area (Å²) >= 11 is 0. The zero-order valence-electron chi connectivity index (χ0n) is 26.9. The molecule has 4 fully saturated rings. The zero-order valence-corrected chi connectivity index (χ0v) is 26.9. The summed E-state index contributed by atoms with van der Waals surface area (Å²) in [6.45, 7) is 16.6. The highest BCUT2D eigenvalue weighted by molar-refractivity contribution is 6.42. The van der Waals surface area contributed by atoms with E-state index in [1.165, 1.54) is 5.57 Å². The van der Waals surface area contributed by atoms with Gasteiger partial charge in [0.25, 0.3) is 0 Å². The number of hydrogen-bond acceptors (Lipinski definition) is 5. The lowest BCUT2D eigenvalue weighted by Gasteiger charge is -2.70. The minimum absolute atomic E-state index is 0.00547. The summed E-state index contributed by atoms with van der Waals surface area (Å²) in [5.41, 5.74) is 1.91. The number of ether oxygens (including phenoxy) is 1. The topological polar surface area (TPSA) is 76.0 Å². The highest BCUT2D eigenvalue weighted by Gasteiger charge is 2.70. The number of Topliss-reactive ketones (excluding diaryl/α,β-unsaturated/α-hetero) is 1. The number of carbonyl (C=O) groups is 2. The number of esters is 1. The van der Waals surface area contributed by atoms with Gasteiger partial charge in [-0.2, -0.15) is 0 Å². The van der Waals surface area contributed by atoms with Crippen molar-refractivity contribution in [2.24, 2.45) is 55.4 Å². The Kier molecular flexibility index (Phi) is 6.73. The Morgan fingerprint density at radius 3 is 2.33 bits per heavy atom. The van der Waals surface area contributed by atoms with Crippen LogP contribution >= 0.6 is 0 Å². The van der Waals surface area contributed by atoms with E-state index in [0.29, 0.717) is 24.7 Å². The van der Waals surface area contributed by atoms with Crippen LogP contribution in [0.25, 0.3) is 0 Å². The Bertz CT molecular complexity index is 1340. The fraction of sp³-hybridized carbons (Fsp3) is 0.703. The van der Waals surface area contributed by atoms with Gasteiger partial charge in [-0.05, 0) is 96.3 Å². The molecular weight excluding hydrogens is 522 g/mol. The lowest BCUT2D eigenvalue weighted by Crippen LogP contribution is -2.65. The van der Waals surface area contributed by atoms with Gasteiger partial charge in [0.05, 0.1) is 5.41 Å². The smallest absolute Gasteiger partial charge is 0.313 e. The van der Waals surface area contributed by atoms with Crippen LogP contribution in [0.2, 0.25) is 0 Å². The Hall–Kier alpha value is -2.43. The Morgan fingerprint density at radius 1 is 0.952 bits per heavy atom. The molecule has 0 spiro atoms. The Labute approximate surface area is 252 Å². The number of ketones is 1. The molecule has 228 valence electrons. The molecule has 6 rings (SSSR count). The van der Waals surface area contributed by atoms with Gasteiger partial charge in [-0.25, -0.2) is 0 Å². The van der Waals surface area contributed by atoms with Crippen LogP contribution in [-0.4, -0.2) is 22.7 Å². The van der Waals surface area contributed by atoms with E-state index in [1.54, 1.807) is 0 Å². The van der Waals surface area contributed by atoms with Crippen LogP contribution < -0.4 is 0 Å². The second-order valence-electron chi connectivity index (χ2n) is 16.7. The van der Waals surface area contributed by atoms with Gasteiger partial charge in [-0.3, -0.25) is 9.59 Å². The minimum atomic E-state index is -0.543. The Balaban J connectivity index is 1.39. The van der Waals surface area contributed by atoms with Crippen molar-refractivity contribution in [2.75, 3.05) is 0 Å². The van der Waals surface area contributed by atoms with Gasteiger partial charge in [0, 0.05) is 11.8 Å². The first-order valence-corrected chi connectivity index (χ1v) is 16.3. The number of nitrogens with zero attached hydrogens (tertiary/aromatic N) is 1. The maximum atomic E-state index is 14.2. The van der Waals surface area contributed by atoms with E-state index >= 15 is 0 Å². The highest BCUT2D eigenvalue weighted by atomic mass is 16.5. The van der Waals surface area contributed by atoms with Gasteiger partial charge in [-0.1, -0.05) is 95.6 Å². The van der Waals surface area contributed by atoms with Crippen molar-refractivity contribution in [3.05, 3.63) is 47.5 Å². The second-order valence-corrected chi connectivity index (χ2v) is 16.7. The number of hydrogen-bond donors (Lipinski definition) is 1. The third kappa shape index (κ3) is 3.97. The van der Waals surface area contributed by atoms with Gasteiger partial charge in [-0.15, -0.1) is 0 Å². The first kappa shape index (κ1) is 29.6. The molecule has 5 aliphatic rings. The van der Waals surface area contributed by atoms with Crippen molar-refractivity contribution < 1.29 is 19.5 Å². The molecule has 0 aromatic heterocycles. The zero-order chi connectivity index (χ0) is 30.3. The van der Waals surface area contributed by atoms with Crippen molar-refractivity contribution in [2.45, 2.75) is 113 Å². The molecule has 0 heterocycles. The monoisotopic (exact) mass is 573 g/mol. The molecule has 0 amide bonds. The molecule has 4 saturated carbocycles. The molecule has 7 atom stereocenters. The molecule has 7 unspecified atom stereocenters. The van der Waals surface area contributed by atoms with E-state index in [4.69, 9.17) is 4.74 Å². The van der Waals surface area contributed by atoms with Crippen molar-refractivity contribution in [3.63, 3.8) is 0 Å². The predicted octanol–water partition coefficient (Wildman–Crippen LogP) is 8.54. The lowest BCUT2D eigenvalue weighted by molar-refractivity contribution is -0.185. The SMILES string of the molecule is CC1(C)CCC2(C(=O)OCc3ccccc3)CCC3(C)C(=CCC4C5(C)C/C(=N/O)C(=O)C(C)(C)C5CCC43C)C2C1. The van der Waals surface area contributed by atoms with E-state index in [2.05, 4.69) is 59.7 Å². The van der Waals surface area contributed by atoms with Crippen molar-refractivity contribution >= 4 is 17.5 Å². The van der Waals surface area contributed by atoms with Crippen LogP contribution in [0.5, 0.6) is 0 Å². The summed E-state index contributed by atoms with van der Waals surface area (Å²) in [6.07, 6.45) is 10.9. The number of rotatable bonds is 3. The number of fused-ring (bicyclic) bond motifs is 7. The summed E-state index contributed by atoms with van der Waals surface area (Å²) in [5.74, 6) is 0.814. The van der Waals surface area contributed by atoms with Gasteiger partial charge in [0.15, 0.2) is 5.78 Å². The average molecular weight is 574 g/mol. The van der Waals surface area contributed by atoms with Crippen molar-refractivity contribution in [3.8, 4) is 0 Å². The van der Waals surface area contributed by atoms with Crippen LogP contribution in [0.1, 0.15) is 112 Å². The summed E-state index contributed by atoms with van der Waals surface area (Å²) in [5, 5.41) is 13.4. The van der Waals surface area contributed by atoms with Crippen LogP contribution in [0.15, 0.2) is 47.1 Å². The molecule has 1 aromatic rings. The summed E-state index contributed by atoms with van der Waals surface area (Å²) in [4.78, 5) is 27.5. The summed E-state index contributed by atoms with van der Waals surface area (Å²) in [6, 6.07) is 10.0. The summed E-state index contributed by atoms with van der Waals surface area (Å²) < 4.78 is 6.15. The van der Waals surface area contributed by atoms with Crippen molar-refractivity contribution in [1.29, 1.82) is 0 Å². The molecule has 0 radical (unpaired) electrons. The quantitative estimate of drug-likeness (QED) is 0.170. The van der Waals surface area contributed by atoms with Gasteiger partial charge in [0.1, 0.15) is 12.3 Å². The molecule has 0 aliphatic heterocycles.